The number of fused-ring (bicyclic) bond motifs is 1. The van der Waals surface area contributed by atoms with Gasteiger partial charge >= 0.3 is 5.97 Å². The number of carbonyl (C=O) groups is 1. The molecule has 0 radical (unpaired) electrons. The van der Waals surface area contributed by atoms with Gasteiger partial charge in [0.1, 0.15) is 0 Å². The number of nitrogens with zero attached hydrogens (tertiary/aromatic N) is 2. The first-order valence-electron chi connectivity index (χ1n) is 4.53. The number of aromatic nitrogens is 2. The lowest BCUT2D eigenvalue weighted by atomic mass is 10.2. The van der Waals surface area contributed by atoms with Gasteiger partial charge in [0.25, 0.3) is 0 Å². The summed E-state index contributed by atoms with van der Waals surface area (Å²) in [6.45, 7) is 2.58. The van der Waals surface area contributed by atoms with Gasteiger partial charge in [-0.1, -0.05) is 15.9 Å². The van der Waals surface area contributed by atoms with E-state index < -0.39 is 5.97 Å². The number of halogens is 1. The zero-order valence-electron chi connectivity index (χ0n) is 8.07. The first-order valence-corrected chi connectivity index (χ1v) is 5.32. The molecule has 78 valence electrons. The summed E-state index contributed by atoms with van der Waals surface area (Å²) < 4.78 is 2.60. The molecule has 5 heteroatoms. The first-order chi connectivity index (χ1) is 7.13. The van der Waals surface area contributed by atoms with Crippen LogP contribution >= 0.6 is 15.9 Å². The lowest BCUT2D eigenvalue weighted by molar-refractivity contribution is 0.0691. The van der Waals surface area contributed by atoms with Crippen LogP contribution in [0.5, 0.6) is 0 Å². The summed E-state index contributed by atoms with van der Waals surface area (Å²) in [5.41, 5.74) is 0.948. The monoisotopic (exact) mass is 268 g/mol. The molecule has 0 fully saturated rings. The molecule has 1 heterocycles. The normalized spacial score (nSPS) is 10.8. The van der Waals surface area contributed by atoms with Crippen molar-refractivity contribution in [1.29, 1.82) is 0 Å². The van der Waals surface area contributed by atoms with Crippen LogP contribution in [0.1, 0.15) is 17.4 Å². The predicted octanol–water partition coefficient (Wildman–Crippen LogP) is 2.52. The second-order valence-electron chi connectivity index (χ2n) is 3.13. The van der Waals surface area contributed by atoms with Gasteiger partial charge < -0.3 is 5.11 Å². The molecule has 0 saturated carbocycles. The molecule has 0 saturated heterocycles. The van der Waals surface area contributed by atoms with E-state index in [1.807, 2.05) is 19.1 Å². The maximum Gasteiger partial charge on any atom is 0.357 e. The summed E-state index contributed by atoms with van der Waals surface area (Å²) in [6.07, 6.45) is 0. The van der Waals surface area contributed by atoms with Crippen molar-refractivity contribution in [1.82, 2.24) is 9.78 Å². The van der Waals surface area contributed by atoms with Crippen molar-refractivity contribution in [3.63, 3.8) is 0 Å². The van der Waals surface area contributed by atoms with Crippen molar-refractivity contribution in [2.45, 2.75) is 13.5 Å². The molecular weight excluding hydrogens is 260 g/mol. The van der Waals surface area contributed by atoms with Crippen molar-refractivity contribution in [2.24, 2.45) is 0 Å². The second-order valence-corrected chi connectivity index (χ2v) is 4.05. The van der Waals surface area contributed by atoms with E-state index in [-0.39, 0.29) is 5.69 Å². The summed E-state index contributed by atoms with van der Waals surface area (Å²) in [4.78, 5) is 10.9. The maximum atomic E-state index is 10.9. The van der Waals surface area contributed by atoms with Crippen LogP contribution in [0.4, 0.5) is 0 Å². The summed E-state index contributed by atoms with van der Waals surface area (Å²) in [6, 6.07) is 5.46. The number of aromatic carboxylic acids is 1. The Balaban J connectivity index is 2.81. The van der Waals surface area contributed by atoms with Crippen LogP contribution in [-0.4, -0.2) is 20.9 Å². The average molecular weight is 269 g/mol. The molecule has 1 N–H and O–H groups in total. The van der Waals surface area contributed by atoms with Gasteiger partial charge in [0.05, 0.1) is 5.52 Å². The Kier molecular flexibility index (Phi) is 2.48. The molecular formula is C10H9BrN2O2. The molecule has 0 amide bonds. The van der Waals surface area contributed by atoms with E-state index in [2.05, 4.69) is 21.0 Å². The van der Waals surface area contributed by atoms with Crippen molar-refractivity contribution in [3.05, 3.63) is 28.4 Å². The van der Waals surface area contributed by atoms with E-state index in [0.717, 1.165) is 9.99 Å². The zero-order valence-corrected chi connectivity index (χ0v) is 9.65. The Labute approximate surface area is 94.6 Å². The Bertz CT molecular complexity index is 533. The van der Waals surface area contributed by atoms with Gasteiger partial charge in [0.15, 0.2) is 5.69 Å². The highest BCUT2D eigenvalue weighted by atomic mass is 79.9. The number of carboxylic acid groups (broad SMARTS) is 1. The van der Waals surface area contributed by atoms with Crippen LogP contribution in [0, 0.1) is 0 Å². The lowest BCUT2D eigenvalue weighted by Crippen LogP contribution is -2.01. The van der Waals surface area contributed by atoms with Gasteiger partial charge in [0.2, 0.25) is 0 Å². The average Bonchev–Trinajstić information content (AvgIpc) is 2.55. The molecule has 0 unspecified atom stereocenters. The minimum Gasteiger partial charge on any atom is -0.476 e. The Morgan fingerprint density at radius 2 is 2.33 bits per heavy atom. The van der Waals surface area contributed by atoms with Crippen molar-refractivity contribution in [2.75, 3.05) is 0 Å². The van der Waals surface area contributed by atoms with Crippen LogP contribution in [0.15, 0.2) is 22.7 Å². The summed E-state index contributed by atoms with van der Waals surface area (Å²) in [5, 5.41) is 13.7. The number of hydrogen-bond acceptors (Lipinski definition) is 2. The van der Waals surface area contributed by atoms with Gasteiger partial charge in [-0.15, -0.1) is 0 Å². The van der Waals surface area contributed by atoms with E-state index >= 15 is 0 Å². The first kappa shape index (κ1) is 10.2. The molecule has 1 aromatic carbocycles. The molecule has 0 atom stereocenters. The molecule has 0 aliphatic heterocycles. The minimum absolute atomic E-state index is 0.111. The van der Waals surface area contributed by atoms with Gasteiger partial charge in [-0.3, -0.25) is 4.68 Å². The third-order valence-corrected chi connectivity index (χ3v) is 2.71. The highest BCUT2D eigenvalue weighted by molar-refractivity contribution is 9.10. The second kappa shape index (κ2) is 3.66. The fourth-order valence-electron chi connectivity index (χ4n) is 1.55. The largest absolute Gasteiger partial charge is 0.476 e. The van der Waals surface area contributed by atoms with Crippen molar-refractivity contribution >= 4 is 32.8 Å². The molecule has 0 spiro atoms. The minimum atomic E-state index is -0.991. The summed E-state index contributed by atoms with van der Waals surface area (Å²) in [5.74, 6) is -0.991. The van der Waals surface area contributed by atoms with E-state index in [1.54, 1.807) is 10.7 Å². The summed E-state index contributed by atoms with van der Waals surface area (Å²) >= 11 is 3.35. The van der Waals surface area contributed by atoms with Crippen LogP contribution in [-0.2, 0) is 6.54 Å². The Morgan fingerprint density at radius 1 is 1.60 bits per heavy atom. The number of benzene rings is 1. The molecule has 1 aromatic heterocycles. The standard InChI is InChI=1S/C10H9BrN2O2/c1-2-13-8-5-6(11)3-4-7(8)9(12-13)10(14)15/h3-5H,2H2,1H3,(H,14,15). The molecule has 2 rings (SSSR count). The Morgan fingerprint density at radius 3 is 2.93 bits per heavy atom. The van der Waals surface area contributed by atoms with E-state index in [0.29, 0.717) is 11.9 Å². The van der Waals surface area contributed by atoms with Crippen LogP contribution < -0.4 is 0 Å². The lowest BCUT2D eigenvalue weighted by Gasteiger charge is -1.97. The van der Waals surface area contributed by atoms with E-state index in [9.17, 15) is 4.79 Å². The fourth-order valence-corrected chi connectivity index (χ4v) is 1.90. The molecule has 0 aliphatic carbocycles. The molecule has 2 aromatic rings. The fraction of sp³-hybridized carbons (Fsp3) is 0.200. The smallest absolute Gasteiger partial charge is 0.357 e. The predicted molar refractivity (Wildman–Crippen MR) is 60.1 cm³/mol. The van der Waals surface area contributed by atoms with Gasteiger partial charge in [-0.25, -0.2) is 4.79 Å². The number of aryl methyl sites for hydroxylation is 1. The topological polar surface area (TPSA) is 55.1 Å². The van der Waals surface area contributed by atoms with Crippen molar-refractivity contribution in [3.8, 4) is 0 Å². The highest BCUT2D eigenvalue weighted by Gasteiger charge is 2.15. The van der Waals surface area contributed by atoms with Gasteiger partial charge in [-0.2, -0.15) is 5.10 Å². The number of carboxylic acids is 1. The number of rotatable bonds is 2. The number of hydrogen-bond donors (Lipinski definition) is 1. The van der Waals surface area contributed by atoms with Crippen molar-refractivity contribution < 1.29 is 9.90 Å². The third kappa shape index (κ3) is 1.63. The van der Waals surface area contributed by atoms with E-state index in [1.165, 1.54) is 0 Å². The van der Waals surface area contributed by atoms with Crippen LogP contribution in [0.2, 0.25) is 0 Å². The van der Waals surface area contributed by atoms with Gasteiger partial charge in [-0.05, 0) is 25.1 Å². The zero-order chi connectivity index (χ0) is 11.0. The molecule has 15 heavy (non-hydrogen) atoms. The maximum absolute atomic E-state index is 10.9. The van der Waals surface area contributed by atoms with Crippen LogP contribution in [0.25, 0.3) is 10.9 Å². The van der Waals surface area contributed by atoms with Crippen LogP contribution in [0.3, 0.4) is 0 Å². The quantitative estimate of drug-likeness (QED) is 0.911. The molecule has 4 nitrogen and oxygen atoms in total. The van der Waals surface area contributed by atoms with Gasteiger partial charge in [0, 0.05) is 16.4 Å². The summed E-state index contributed by atoms with van der Waals surface area (Å²) in [7, 11) is 0. The highest BCUT2D eigenvalue weighted by Crippen LogP contribution is 2.22. The molecule has 0 bridgehead atoms. The third-order valence-electron chi connectivity index (χ3n) is 2.22. The molecule has 0 aliphatic rings. The SMILES string of the molecule is CCn1nc(C(=O)O)c2ccc(Br)cc21. The van der Waals surface area contributed by atoms with E-state index in [4.69, 9.17) is 5.11 Å². The Hall–Kier alpha value is -1.36.